The molecule has 0 saturated carbocycles. The topological polar surface area (TPSA) is 107 Å². The molecule has 0 aromatic rings. The first-order chi connectivity index (χ1) is 7.47. The third-order valence-electron chi connectivity index (χ3n) is 2.28. The molecule has 0 aromatic carbocycles. The van der Waals surface area contributed by atoms with Crippen LogP contribution in [-0.4, -0.2) is 58.6 Å². The zero-order valence-electron chi connectivity index (χ0n) is 8.68. The van der Waals surface area contributed by atoms with E-state index in [1.807, 2.05) is 0 Å². The Labute approximate surface area is 92.0 Å². The molecule has 1 amide bonds. The van der Waals surface area contributed by atoms with Crippen molar-refractivity contribution in [2.45, 2.75) is 18.9 Å². The lowest BCUT2D eigenvalue weighted by atomic mass is 10.2. The van der Waals surface area contributed by atoms with E-state index in [9.17, 15) is 14.4 Å². The van der Waals surface area contributed by atoms with Gasteiger partial charge in [-0.1, -0.05) is 0 Å². The van der Waals surface area contributed by atoms with Crippen LogP contribution in [0, 0.1) is 0 Å². The molecular weight excluding hydrogens is 216 g/mol. The largest absolute Gasteiger partial charge is 0.480 e. The average molecular weight is 230 g/mol. The van der Waals surface area contributed by atoms with E-state index in [-0.39, 0.29) is 31.6 Å². The average Bonchev–Trinajstić information content (AvgIpc) is 2.48. The standard InChI is InChI=1S/C9H14N2O5/c12-7-2-1-6(10-7)3-11(4-8(13)14)5-9(15)16/h6H,1-5H2,(H,10,12)(H,13,14)(H,15,16). The number of rotatable bonds is 6. The lowest BCUT2D eigenvalue weighted by Gasteiger charge is -2.21. The zero-order valence-corrected chi connectivity index (χ0v) is 8.68. The van der Waals surface area contributed by atoms with Gasteiger partial charge in [0.2, 0.25) is 5.91 Å². The molecule has 0 aliphatic carbocycles. The van der Waals surface area contributed by atoms with Gasteiger partial charge in [0.05, 0.1) is 13.1 Å². The Hall–Kier alpha value is -1.63. The number of hydrogen-bond donors (Lipinski definition) is 3. The molecule has 0 spiro atoms. The zero-order chi connectivity index (χ0) is 12.1. The van der Waals surface area contributed by atoms with E-state index in [0.29, 0.717) is 12.8 Å². The number of amides is 1. The van der Waals surface area contributed by atoms with Crippen LogP contribution < -0.4 is 5.32 Å². The van der Waals surface area contributed by atoms with E-state index in [1.54, 1.807) is 0 Å². The molecule has 1 unspecified atom stereocenters. The molecule has 1 aliphatic rings. The van der Waals surface area contributed by atoms with E-state index < -0.39 is 11.9 Å². The van der Waals surface area contributed by atoms with Gasteiger partial charge < -0.3 is 15.5 Å². The highest BCUT2D eigenvalue weighted by molar-refractivity contribution is 5.78. The van der Waals surface area contributed by atoms with Crippen LogP contribution in [0.1, 0.15) is 12.8 Å². The number of carboxylic acids is 2. The summed E-state index contributed by atoms with van der Waals surface area (Å²) in [6.45, 7) is -0.415. The first-order valence-corrected chi connectivity index (χ1v) is 4.92. The van der Waals surface area contributed by atoms with E-state index >= 15 is 0 Å². The summed E-state index contributed by atoms with van der Waals surface area (Å²) in [7, 11) is 0. The Balaban J connectivity index is 2.45. The predicted octanol–water partition coefficient (Wildman–Crippen LogP) is -1.26. The third-order valence-corrected chi connectivity index (χ3v) is 2.28. The third kappa shape index (κ3) is 4.26. The quantitative estimate of drug-likeness (QED) is 0.525. The summed E-state index contributed by atoms with van der Waals surface area (Å²) >= 11 is 0. The summed E-state index contributed by atoms with van der Waals surface area (Å²) in [6.07, 6.45) is 1.03. The lowest BCUT2D eigenvalue weighted by Crippen LogP contribution is -2.43. The van der Waals surface area contributed by atoms with Crippen molar-refractivity contribution in [2.75, 3.05) is 19.6 Å². The van der Waals surface area contributed by atoms with Gasteiger partial charge in [0.15, 0.2) is 0 Å². The van der Waals surface area contributed by atoms with Crippen molar-refractivity contribution in [1.29, 1.82) is 0 Å². The van der Waals surface area contributed by atoms with Crippen LogP contribution in [0.2, 0.25) is 0 Å². The molecule has 7 nitrogen and oxygen atoms in total. The summed E-state index contributed by atoms with van der Waals surface area (Å²) in [5, 5.41) is 19.9. The van der Waals surface area contributed by atoms with Crippen molar-refractivity contribution in [3.63, 3.8) is 0 Å². The molecule has 1 fully saturated rings. The fourth-order valence-electron chi connectivity index (χ4n) is 1.69. The molecule has 1 rings (SSSR count). The first kappa shape index (κ1) is 12.4. The minimum Gasteiger partial charge on any atom is -0.480 e. The maximum atomic E-state index is 10.9. The summed E-state index contributed by atoms with van der Waals surface area (Å²) < 4.78 is 0. The molecule has 3 N–H and O–H groups in total. The normalized spacial score (nSPS) is 19.8. The minimum atomic E-state index is -1.08. The van der Waals surface area contributed by atoms with Crippen LogP contribution in [0.25, 0.3) is 0 Å². The highest BCUT2D eigenvalue weighted by Gasteiger charge is 2.24. The highest BCUT2D eigenvalue weighted by atomic mass is 16.4. The molecule has 0 bridgehead atoms. The second kappa shape index (κ2) is 5.45. The summed E-state index contributed by atoms with van der Waals surface area (Å²) in [5.41, 5.74) is 0. The van der Waals surface area contributed by atoms with Gasteiger partial charge in [0.1, 0.15) is 0 Å². The second-order valence-electron chi connectivity index (χ2n) is 3.76. The molecule has 16 heavy (non-hydrogen) atoms. The number of aliphatic carboxylic acids is 2. The van der Waals surface area contributed by atoms with Crippen LogP contribution in [0.3, 0.4) is 0 Å². The molecule has 7 heteroatoms. The number of hydrogen-bond acceptors (Lipinski definition) is 4. The summed E-state index contributed by atoms with van der Waals surface area (Å²) in [6, 6.07) is -0.147. The van der Waals surface area contributed by atoms with Gasteiger partial charge in [-0.2, -0.15) is 0 Å². The van der Waals surface area contributed by atoms with Crippen LogP contribution in [-0.2, 0) is 14.4 Å². The molecule has 1 saturated heterocycles. The van der Waals surface area contributed by atoms with Crippen molar-refractivity contribution in [2.24, 2.45) is 0 Å². The van der Waals surface area contributed by atoms with Crippen LogP contribution >= 0.6 is 0 Å². The fraction of sp³-hybridized carbons (Fsp3) is 0.667. The molecule has 90 valence electrons. The minimum absolute atomic E-state index is 0.0735. The molecule has 1 heterocycles. The van der Waals surface area contributed by atoms with Crippen LogP contribution in [0.5, 0.6) is 0 Å². The SMILES string of the molecule is O=C(O)CN(CC(=O)O)CC1CCC(=O)N1. The van der Waals surface area contributed by atoms with E-state index in [4.69, 9.17) is 10.2 Å². The maximum absolute atomic E-state index is 10.9. The monoisotopic (exact) mass is 230 g/mol. The Kier molecular flexibility index (Phi) is 4.24. The number of nitrogens with one attached hydrogen (secondary N) is 1. The molecular formula is C9H14N2O5. The number of carboxylic acid groups (broad SMARTS) is 2. The van der Waals surface area contributed by atoms with Gasteiger partial charge in [-0.3, -0.25) is 19.3 Å². The number of carbonyl (C=O) groups excluding carboxylic acids is 1. The maximum Gasteiger partial charge on any atom is 0.317 e. The molecule has 1 aliphatic heterocycles. The highest BCUT2D eigenvalue weighted by Crippen LogP contribution is 2.08. The lowest BCUT2D eigenvalue weighted by molar-refractivity contribution is -0.141. The smallest absolute Gasteiger partial charge is 0.317 e. The Morgan fingerprint density at radius 2 is 1.88 bits per heavy atom. The van der Waals surface area contributed by atoms with Gasteiger partial charge in [0.25, 0.3) is 0 Å². The van der Waals surface area contributed by atoms with E-state index in [0.717, 1.165) is 0 Å². The van der Waals surface area contributed by atoms with E-state index in [1.165, 1.54) is 4.90 Å². The van der Waals surface area contributed by atoms with Crippen LogP contribution in [0.4, 0.5) is 0 Å². The van der Waals surface area contributed by atoms with Crippen molar-refractivity contribution < 1.29 is 24.6 Å². The summed E-state index contributed by atoms with van der Waals surface area (Å²) in [4.78, 5) is 33.2. The van der Waals surface area contributed by atoms with Gasteiger partial charge in [0, 0.05) is 19.0 Å². The molecule has 1 atom stereocenters. The Morgan fingerprint density at radius 3 is 2.25 bits per heavy atom. The fourth-order valence-corrected chi connectivity index (χ4v) is 1.69. The van der Waals surface area contributed by atoms with Crippen molar-refractivity contribution in [1.82, 2.24) is 10.2 Å². The summed E-state index contributed by atoms with van der Waals surface area (Å²) in [5.74, 6) is -2.23. The predicted molar refractivity (Wildman–Crippen MR) is 52.9 cm³/mol. The second-order valence-corrected chi connectivity index (χ2v) is 3.76. The van der Waals surface area contributed by atoms with Gasteiger partial charge in [-0.25, -0.2) is 0 Å². The molecule has 0 aromatic heterocycles. The Bertz CT molecular complexity index is 288. The van der Waals surface area contributed by atoms with Gasteiger partial charge in [-0.15, -0.1) is 0 Å². The number of nitrogens with zero attached hydrogens (tertiary/aromatic N) is 1. The Morgan fingerprint density at radius 1 is 1.31 bits per heavy atom. The number of carbonyl (C=O) groups is 3. The van der Waals surface area contributed by atoms with Gasteiger partial charge >= 0.3 is 11.9 Å². The van der Waals surface area contributed by atoms with Crippen molar-refractivity contribution in [3.05, 3.63) is 0 Å². The van der Waals surface area contributed by atoms with E-state index in [2.05, 4.69) is 5.32 Å². The van der Waals surface area contributed by atoms with Crippen molar-refractivity contribution >= 4 is 17.8 Å². The first-order valence-electron chi connectivity index (χ1n) is 4.92. The molecule has 0 radical (unpaired) electrons. The van der Waals surface area contributed by atoms with Crippen LogP contribution in [0.15, 0.2) is 0 Å². The van der Waals surface area contributed by atoms with Gasteiger partial charge in [-0.05, 0) is 6.42 Å². The van der Waals surface area contributed by atoms with Crippen molar-refractivity contribution in [3.8, 4) is 0 Å².